The molecule has 1 amide bonds. The number of aromatic nitrogens is 2. The molecule has 0 bridgehead atoms. The molecular formula is C21H23N3O3S2. The van der Waals surface area contributed by atoms with Gasteiger partial charge in [-0.05, 0) is 42.4 Å². The van der Waals surface area contributed by atoms with Crippen LogP contribution in [-0.4, -0.2) is 41.9 Å². The van der Waals surface area contributed by atoms with E-state index >= 15 is 0 Å². The largest absolute Gasteiger partial charge is 0.383 e. The van der Waals surface area contributed by atoms with Gasteiger partial charge in [-0.15, -0.1) is 11.3 Å². The van der Waals surface area contributed by atoms with Crippen LogP contribution in [-0.2, 0) is 22.4 Å². The van der Waals surface area contributed by atoms with E-state index in [1.54, 1.807) is 7.11 Å². The van der Waals surface area contributed by atoms with E-state index in [4.69, 9.17) is 4.74 Å². The Labute approximate surface area is 177 Å². The zero-order chi connectivity index (χ0) is 20.2. The number of hydrogen-bond acceptors (Lipinski definition) is 6. The molecule has 1 aliphatic rings. The van der Waals surface area contributed by atoms with Crippen LogP contribution in [0.2, 0.25) is 0 Å². The van der Waals surface area contributed by atoms with Gasteiger partial charge in [0.25, 0.3) is 5.56 Å². The zero-order valence-electron chi connectivity index (χ0n) is 16.2. The molecule has 0 saturated carbocycles. The second-order valence-electron chi connectivity index (χ2n) is 7.02. The number of carbonyl (C=O) groups is 1. The third kappa shape index (κ3) is 4.55. The minimum absolute atomic E-state index is 0.115. The van der Waals surface area contributed by atoms with Crippen molar-refractivity contribution in [3.8, 4) is 11.1 Å². The summed E-state index contributed by atoms with van der Waals surface area (Å²) in [4.78, 5) is 32.7. The highest BCUT2D eigenvalue weighted by molar-refractivity contribution is 7.99. The molecule has 0 saturated heterocycles. The van der Waals surface area contributed by atoms with Gasteiger partial charge in [-0.2, -0.15) is 0 Å². The van der Waals surface area contributed by atoms with Gasteiger partial charge in [-0.1, -0.05) is 30.0 Å². The van der Waals surface area contributed by atoms with E-state index in [1.165, 1.54) is 47.1 Å². The summed E-state index contributed by atoms with van der Waals surface area (Å²) in [7, 11) is 1.59. The van der Waals surface area contributed by atoms with Crippen molar-refractivity contribution in [3.63, 3.8) is 0 Å². The van der Waals surface area contributed by atoms with E-state index in [1.807, 2.05) is 5.38 Å². The van der Waals surface area contributed by atoms with Crippen molar-refractivity contribution in [1.29, 1.82) is 0 Å². The molecule has 1 aromatic carbocycles. The van der Waals surface area contributed by atoms with Gasteiger partial charge < -0.3 is 15.0 Å². The Hall–Kier alpha value is -2.16. The van der Waals surface area contributed by atoms with Crippen molar-refractivity contribution in [2.75, 3.05) is 26.0 Å². The molecule has 2 N–H and O–H groups in total. The van der Waals surface area contributed by atoms with E-state index in [0.29, 0.717) is 28.5 Å². The number of carbonyl (C=O) groups excluding carboxylic acids is 1. The number of amides is 1. The maximum absolute atomic E-state index is 12.8. The van der Waals surface area contributed by atoms with E-state index in [9.17, 15) is 9.59 Å². The van der Waals surface area contributed by atoms with Crippen molar-refractivity contribution in [2.45, 2.75) is 30.8 Å². The Morgan fingerprint density at radius 2 is 2.14 bits per heavy atom. The molecule has 0 atom stereocenters. The third-order valence-electron chi connectivity index (χ3n) is 5.05. The first-order chi connectivity index (χ1) is 14.2. The van der Waals surface area contributed by atoms with Crippen LogP contribution in [0, 0.1) is 0 Å². The van der Waals surface area contributed by atoms with Gasteiger partial charge in [-0.25, -0.2) is 4.98 Å². The Kier molecular flexibility index (Phi) is 6.32. The van der Waals surface area contributed by atoms with Gasteiger partial charge in [0.05, 0.1) is 17.7 Å². The lowest BCUT2D eigenvalue weighted by molar-refractivity contribution is -0.118. The van der Waals surface area contributed by atoms with Crippen LogP contribution >= 0.6 is 23.1 Å². The lowest BCUT2D eigenvalue weighted by Crippen LogP contribution is -2.28. The number of nitrogens with zero attached hydrogens (tertiary/aromatic N) is 1. The van der Waals surface area contributed by atoms with Gasteiger partial charge in [0.1, 0.15) is 4.83 Å². The van der Waals surface area contributed by atoms with Crippen molar-refractivity contribution in [3.05, 3.63) is 45.1 Å². The fraction of sp³-hybridized carbons (Fsp3) is 0.381. The maximum Gasteiger partial charge on any atom is 0.260 e. The number of benzene rings is 1. The molecule has 0 radical (unpaired) electrons. The van der Waals surface area contributed by atoms with Crippen molar-refractivity contribution in [2.24, 2.45) is 0 Å². The van der Waals surface area contributed by atoms with Crippen molar-refractivity contribution < 1.29 is 9.53 Å². The number of fused-ring (bicyclic) bond motifs is 2. The monoisotopic (exact) mass is 429 g/mol. The molecule has 4 rings (SSSR count). The van der Waals surface area contributed by atoms with Crippen LogP contribution in [0.25, 0.3) is 21.3 Å². The van der Waals surface area contributed by atoms with Crippen LogP contribution < -0.4 is 10.9 Å². The zero-order valence-corrected chi connectivity index (χ0v) is 17.9. The summed E-state index contributed by atoms with van der Waals surface area (Å²) in [5.41, 5.74) is 4.66. The van der Waals surface area contributed by atoms with Gasteiger partial charge in [0.15, 0.2) is 5.16 Å². The Bertz CT molecular complexity index is 1090. The van der Waals surface area contributed by atoms with E-state index in [-0.39, 0.29) is 17.2 Å². The number of rotatable bonds is 7. The van der Waals surface area contributed by atoms with Gasteiger partial charge >= 0.3 is 0 Å². The number of nitrogens with one attached hydrogen (secondary N) is 2. The van der Waals surface area contributed by atoms with E-state index in [2.05, 4.69) is 33.5 Å². The predicted octanol–water partition coefficient (Wildman–Crippen LogP) is 3.39. The number of ether oxygens (including phenoxy) is 1. The maximum atomic E-state index is 12.8. The molecule has 1 aliphatic carbocycles. The normalized spacial score (nSPS) is 13.4. The van der Waals surface area contributed by atoms with Gasteiger partial charge in [0.2, 0.25) is 5.91 Å². The summed E-state index contributed by atoms with van der Waals surface area (Å²) in [5.74, 6) is 0.0806. The average Bonchev–Trinajstić information content (AvgIpc) is 3.17. The quantitative estimate of drug-likeness (QED) is 0.342. The number of thioether (sulfide) groups is 1. The molecular weight excluding hydrogens is 406 g/mol. The lowest BCUT2D eigenvalue weighted by Gasteiger charge is -2.16. The number of aryl methyl sites for hydroxylation is 2. The topological polar surface area (TPSA) is 84.1 Å². The SMILES string of the molecule is COCCNC(=O)CSc1nc2scc(-c3ccc4c(c3)CCCC4)c2c(=O)[nH]1. The molecule has 29 heavy (non-hydrogen) atoms. The first-order valence-electron chi connectivity index (χ1n) is 9.68. The first-order valence-corrected chi connectivity index (χ1v) is 11.5. The smallest absolute Gasteiger partial charge is 0.260 e. The summed E-state index contributed by atoms with van der Waals surface area (Å²) in [6.45, 7) is 0.937. The lowest BCUT2D eigenvalue weighted by atomic mass is 9.89. The molecule has 0 spiro atoms. The Morgan fingerprint density at radius 3 is 2.97 bits per heavy atom. The number of aromatic amines is 1. The summed E-state index contributed by atoms with van der Waals surface area (Å²) in [6.07, 6.45) is 4.72. The van der Waals surface area contributed by atoms with Crippen LogP contribution in [0.5, 0.6) is 0 Å². The summed E-state index contributed by atoms with van der Waals surface area (Å²) < 4.78 is 4.91. The number of methoxy groups -OCH3 is 1. The minimum atomic E-state index is -0.161. The molecule has 2 heterocycles. The Morgan fingerprint density at radius 1 is 1.31 bits per heavy atom. The van der Waals surface area contributed by atoms with Crippen molar-refractivity contribution >= 4 is 39.2 Å². The van der Waals surface area contributed by atoms with Crippen molar-refractivity contribution in [1.82, 2.24) is 15.3 Å². The van der Waals surface area contributed by atoms with Crippen LogP contribution in [0.15, 0.2) is 33.5 Å². The molecule has 6 nitrogen and oxygen atoms in total. The number of hydrogen-bond donors (Lipinski definition) is 2. The van der Waals surface area contributed by atoms with E-state index < -0.39 is 0 Å². The predicted molar refractivity (Wildman–Crippen MR) is 118 cm³/mol. The highest BCUT2D eigenvalue weighted by Gasteiger charge is 2.16. The van der Waals surface area contributed by atoms with Crippen LogP contribution in [0.3, 0.4) is 0 Å². The number of thiophene rings is 1. The second-order valence-corrected chi connectivity index (χ2v) is 8.84. The highest BCUT2D eigenvalue weighted by Crippen LogP contribution is 2.34. The molecule has 8 heteroatoms. The summed E-state index contributed by atoms with van der Waals surface area (Å²) in [6, 6.07) is 6.53. The van der Waals surface area contributed by atoms with Gasteiger partial charge in [-0.3, -0.25) is 9.59 Å². The summed E-state index contributed by atoms with van der Waals surface area (Å²) in [5, 5.41) is 5.84. The minimum Gasteiger partial charge on any atom is -0.383 e. The fourth-order valence-electron chi connectivity index (χ4n) is 3.59. The van der Waals surface area contributed by atoms with Gasteiger partial charge in [0, 0.05) is 24.6 Å². The van der Waals surface area contributed by atoms with Crippen LogP contribution in [0.1, 0.15) is 24.0 Å². The molecule has 3 aromatic rings. The molecule has 2 aromatic heterocycles. The highest BCUT2D eigenvalue weighted by atomic mass is 32.2. The molecule has 152 valence electrons. The summed E-state index contributed by atoms with van der Waals surface area (Å²) >= 11 is 2.69. The molecule has 0 aliphatic heterocycles. The van der Waals surface area contributed by atoms with E-state index in [0.717, 1.165) is 24.0 Å². The van der Waals surface area contributed by atoms with Crippen LogP contribution in [0.4, 0.5) is 0 Å². The standard InChI is InChI=1S/C21H23N3O3S2/c1-27-9-8-22-17(25)12-29-21-23-19(26)18-16(11-28-20(18)24-21)15-7-6-13-4-2-3-5-14(13)10-15/h6-7,10-11H,2-5,8-9,12H2,1H3,(H,22,25)(H,23,24,26). The third-order valence-corrected chi connectivity index (χ3v) is 6.80. The molecule has 0 unspecified atom stereocenters. The fourth-order valence-corrected chi connectivity index (χ4v) is 5.28. The number of H-pyrrole nitrogens is 1. The Balaban J connectivity index is 1.55. The second kappa shape index (κ2) is 9.11. The average molecular weight is 430 g/mol. The molecule has 0 fully saturated rings. The first kappa shape index (κ1) is 20.1.